The van der Waals surface area contributed by atoms with Crippen molar-refractivity contribution < 1.29 is 14.7 Å². The maximum atomic E-state index is 11.5. The Morgan fingerprint density at radius 1 is 1.00 bits per heavy atom. The van der Waals surface area contributed by atoms with Crippen molar-refractivity contribution in [1.29, 1.82) is 0 Å². The predicted octanol–water partition coefficient (Wildman–Crippen LogP) is 4.91. The van der Waals surface area contributed by atoms with Gasteiger partial charge in [-0.1, -0.05) is 34.9 Å². The van der Waals surface area contributed by atoms with Gasteiger partial charge in [0.05, 0.1) is 0 Å². The van der Waals surface area contributed by atoms with Crippen LogP contribution in [0.5, 0.6) is 0 Å². The fourth-order valence-electron chi connectivity index (χ4n) is 2.27. The van der Waals surface area contributed by atoms with Gasteiger partial charge >= 0.3 is 12.0 Å². The number of carbonyl (C=O) groups excluding carboxylic acids is 1. The molecule has 6 heteroatoms. The van der Waals surface area contributed by atoms with Crippen LogP contribution < -0.4 is 10.6 Å². The first-order valence-corrected chi connectivity index (χ1v) is 10.7. The minimum absolute atomic E-state index is 0.347. The standard InChI is InChI=1S/C21H36N2O3S/c1-6-22-21(26)23-19(20(24)25)15-27-14-13-18(5)12-8-11-17(4)10-7-9-16(2)3/h9,11,13,19H,6-8,10,12,14-15H2,1-5H3,(H,24,25)(H2,22,23,26)/b17-11+,18-13+. The highest BCUT2D eigenvalue weighted by molar-refractivity contribution is 7.99. The van der Waals surface area contributed by atoms with Crippen molar-refractivity contribution in [2.24, 2.45) is 0 Å². The molecule has 0 rings (SSSR count). The van der Waals surface area contributed by atoms with E-state index in [0.717, 1.165) is 31.4 Å². The number of nitrogens with one attached hydrogen (secondary N) is 2. The molecule has 27 heavy (non-hydrogen) atoms. The Hall–Kier alpha value is -1.69. The number of carboxylic acids is 1. The van der Waals surface area contributed by atoms with Crippen molar-refractivity contribution in [3.05, 3.63) is 34.9 Å². The third kappa shape index (κ3) is 15.1. The molecule has 0 aromatic rings. The van der Waals surface area contributed by atoms with E-state index in [1.54, 1.807) is 6.92 Å². The van der Waals surface area contributed by atoms with Gasteiger partial charge in [0, 0.05) is 18.1 Å². The van der Waals surface area contributed by atoms with Crippen LogP contribution in [-0.4, -0.2) is 41.2 Å². The largest absolute Gasteiger partial charge is 0.480 e. The van der Waals surface area contributed by atoms with Crippen LogP contribution in [-0.2, 0) is 4.79 Å². The van der Waals surface area contributed by atoms with Crippen LogP contribution in [0.15, 0.2) is 34.9 Å². The molecule has 154 valence electrons. The van der Waals surface area contributed by atoms with Crippen molar-refractivity contribution in [2.45, 2.75) is 66.3 Å². The van der Waals surface area contributed by atoms with Crippen molar-refractivity contribution >= 4 is 23.8 Å². The number of amides is 2. The lowest BCUT2D eigenvalue weighted by Gasteiger charge is -2.14. The average molecular weight is 397 g/mol. The van der Waals surface area contributed by atoms with E-state index in [1.165, 1.54) is 28.5 Å². The zero-order valence-electron chi connectivity index (χ0n) is 17.4. The molecule has 0 aliphatic rings. The van der Waals surface area contributed by atoms with Gasteiger partial charge in [-0.15, -0.1) is 0 Å². The van der Waals surface area contributed by atoms with Crippen LogP contribution >= 0.6 is 11.8 Å². The number of hydrogen-bond acceptors (Lipinski definition) is 3. The van der Waals surface area contributed by atoms with Gasteiger partial charge in [-0.2, -0.15) is 11.8 Å². The number of carbonyl (C=O) groups is 2. The van der Waals surface area contributed by atoms with E-state index in [1.807, 2.05) is 0 Å². The van der Waals surface area contributed by atoms with E-state index in [9.17, 15) is 14.7 Å². The maximum Gasteiger partial charge on any atom is 0.327 e. The molecule has 0 aromatic heterocycles. The Kier molecular flexibility index (Phi) is 14.4. The van der Waals surface area contributed by atoms with Crippen LogP contribution in [0, 0.1) is 0 Å². The minimum Gasteiger partial charge on any atom is -0.480 e. The first kappa shape index (κ1) is 25.3. The molecule has 0 aliphatic carbocycles. The van der Waals surface area contributed by atoms with Gasteiger partial charge in [0.25, 0.3) is 0 Å². The number of thioether (sulfide) groups is 1. The predicted molar refractivity (Wildman–Crippen MR) is 116 cm³/mol. The molecule has 0 saturated heterocycles. The summed E-state index contributed by atoms with van der Waals surface area (Å²) in [6, 6.07) is -1.31. The molecule has 0 aromatic carbocycles. The summed E-state index contributed by atoms with van der Waals surface area (Å²) in [6.07, 6.45) is 11.0. The van der Waals surface area contributed by atoms with E-state index in [2.05, 4.69) is 56.6 Å². The Morgan fingerprint density at radius 3 is 2.15 bits per heavy atom. The Balaban J connectivity index is 4.14. The first-order chi connectivity index (χ1) is 12.8. The molecule has 2 amide bonds. The van der Waals surface area contributed by atoms with Crippen LogP contribution in [0.1, 0.15) is 60.3 Å². The summed E-state index contributed by atoms with van der Waals surface area (Å²) in [4.78, 5) is 22.7. The van der Waals surface area contributed by atoms with Crippen LogP contribution in [0.3, 0.4) is 0 Å². The molecule has 0 aliphatic heterocycles. The fraction of sp³-hybridized carbons (Fsp3) is 0.619. The number of aliphatic carboxylic acids is 1. The second-order valence-corrected chi connectivity index (χ2v) is 7.97. The summed E-state index contributed by atoms with van der Waals surface area (Å²) in [5, 5.41) is 14.2. The zero-order chi connectivity index (χ0) is 20.7. The quantitative estimate of drug-likeness (QED) is 0.305. The number of rotatable bonds is 13. The zero-order valence-corrected chi connectivity index (χ0v) is 18.2. The normalized spacial score (nSPS) is 13.1. The lowest BCUT2D eigenvalue weighted by Crippen LogP contribution is -2.47. The van der Waals surface area contributed by atoms with Gasteiger partial charge in [0.2, 0.25) is 0 Å². The highest BCUT2D eigenvalue weighted by Crippen LogP contribution is 2.13. The Labute approximate surface area is 168 Å². The van der Waals surface area contributed by atoms with Gasteiger partial charge in [0.15, 0.2) is 0 Å². The lowest BCUT2D eigenvalue weighted by atomic mass is 10.1. The van der Waals surface area contributed by atoms with Crippen molar-refractivity contribution in [3.8, 4) is 0 Å². The highest BCUT2D eigenvalue weighted by Gasteiger charge is 2.19. The summed E-state index contributed by atoms with van der Waals surface area (Å²) >= 11 is 1.51. The molecule has 1 unspecified atom stereocenters. The monoisotopic (exact) mass is 396 g/mol. The summed E-state index contributed by atoms with van der Waals surface area (Å²) in [5.41, 5.74) is 4.10. The van der Waals surface area contributed by atoms with Gasteiger partial charge in [-0.3, -0.25) is 0 Å². The van der Waals surface area contributed by atoms with Crippen molar-refractivity contribution in [1.82, 2.24) is 10.6 Å². The number of urea groups is 1. The van der Waals surface area contributed by atoms with Gasteiger partial charge in [-0.25, -0.2) is 9.59 Å². The van der Waals surface area contributed by atoms with Gasteiger partial charge in [-0.05, 0) is 60.3 Å². The summed E-state index contributed by atoms with van der Waals surface area (Å²) < 4.78 is 0. The molecule has 1 atom stereocenters. The van der Waals surface area contributed by atoms with Crippen LogP contribution in [0.4, 0.5) is 4.79 Å². The first-order valence-electron chi connectivity index (χ1n) is 9.55. The molecule has 0 spiro atoms. The van der Waals surface area contributed by atoms with Crippen LogP contribution in [0.25, 0.3) is 0 Å². The van der Waals surface area contributed by atoms with E-state index in [0.29, 0.717) is 12.3 Å². The fourth-order valence-corrected chi connectivity index (χ4v) is 3.27. The van der Waals surface area contributed by atoms with Crippen molar-refractivity contribution in [3.63, 3.8) is 0 Å². The highest BCUT2D eigenvalue weighted by atomic mass is 32.2. The smallest absolute Gasteiger partial charge is 0.327 e. The molecular formula is C21H36N2O3S. The summed E-state index contributed by atoms with van der Waals surface area (Å²) in [5.74, 6) is 0.0819. The molecule has 0 saturated carbocycles. The molecular weight excluding hydrogens is 360 g/mol. The molecule has 0 fully saturated rings. The molecule has 3 N–H and O–H groups in total. The van der Waals surface area contributed by atoms with Gasteiger partial charge < -0.3 is 15.7 Å². The van der Waals surface area contributed by atoms with E-state index >= 15 is 0 Å². The molecule has 0 heterocycles. The van der Waals surface area contributed by atoms with E-state index in [4.69, 9.17) is 0 Å². The summed E-state index contributed by atoms with van der Waals surface area (Å²) in [6.45, 7) is 10.8. The third-order valence-corrected chi connectivity index (χ3v) is 4.87. The average Bonchev–Trinajstić information content (AvgIpc) is 2.57. The second kappa shape index (κ2) is 15.4. The second-order valence-electron chi connectivity index (χ2n) is 6.89. The SMILES string of the molecule is CCNC(=O)NC(CSC/C=C(\C)CC/C=C(\C)CCC=C(C)C)C(=O)O. The lowest BCUT2D eigenvalue weighted by molar-refractivity contribution is -0.138. The molecule has 5 nitrogen and oxygen atoms in total. The molecule has 0 bridgehead atoms. The topological polar surface area (TPSA) is 78.4 Å². The van der Waals surface area contributed by atoms with E-state index in [-0.39, 0.29) is 0 Å². The number of carboxylic acid groups (broad SMARTS) is 1. The van der Waals surface area contributed by atoms with Gasteiger partial charge in [0.1, 0.15) is 6.04 Å². The minimum atomic E-state index is -1.01. The Bertz CT molecular complexity index is 550. The maximum absolute atomic E-state index is 11.5. The number of hydrogen-bond donors (Lipinski definition) is 3. The Morgan fingerprint density at radius 2 is 1.59 bits per heavy atom. The molecule has 0 radical (unpaired) electrons. The van der Waals surface area contributed by atoms with Crippen LogP contribution in [0.2, 0.25) is 0 Å². The van der Waals surface area contributed by atoms with Crippen molar-refractivity contribution in [2.75, 3.05) is 18.1 Å². The summed E-state index contributed by atoms with van der Waals surface area (Å²) in [7, 11) is 0. The third-order valence-electron chi connectivity index (χ3n) is 3.90. The van der Waals surface area contributed by atoms with E-state index < -0.39 is 18.0 Å². The number of allylic oxidation sites excluding steroid dienone is 5.